The number of amides is 1. The Balaban J connectivity index is 1.93. The molecule has 1 amide bonds. The second-order valence-corrected chi connectivity index (χ2v) is 6.67. The SMILES string of the molecule is CN1C(=O)[C@]23C=C[C@H]1[C@@H]1C=C[C@@]2(COC3)c2ccccc21. The van der Waals surface area contributed by atoms with Gasteiger partial charge in [-0.15, -0.1) is 0 Å². The van der Waals surface area contributed by atoms with Crippen molar-refractivity contribution in [3.63, 3.8) is 0 Å². The van der Waals surface area contributed by atoms with Crippen LogP contribution in [0.3, 0.4) is 0 Å². The van der Waals surface area contributed by atoms with E-state index >= 15 is 0 Å². The Kier molecular flexibility index (Phi) is 1.94. The fourth-order valence-corrected chi connectivity index (χ4v) is 4.82. The van der Waals surface area contributed by atoms with Crippen molar-refractivity contribution in [2.75, 3.05) is 20.3 Å². The Hall–Kier alpha value is -1.87. The van der Waals surface area contributed by atoms with Gasteiger partial charge in [0.1, 0.15) is 5.41 Å². The van der Waals surface area contributed by atoms with Crippen LogP contribution in [0, 0.1) is 5.41 Å². The molecule has 3 aliphatic carbocycles. The fraction of sp³-hybridized carbons (Fsp3) is 0.389. The summed E-state index contributed by atoms with van der Waals surface area (Å²) in [6, 6.07) is 8.69. The second-order valence-electron chi connectivity index (χ2n) is 6.67. The minimum atomic E-state index is -0.573. The van der Waals surface area contributed by atoms with Gasteiger partial charge >= 0.3 is 0 Å². The average Bonchev–Trinajstić information content (AvgIpc) is 2.83. The lowest BCUT2D eigenvalue weighted by molar-refractivity contribution is -0.143. The maximum absolute atomic E-state index is 13.1. The Bertz CT molecular complexity index is 722. The molecule has 4 atom stereocenters. The lowest BCUT2D eigenvalue weighted by Gasteiger charge is -2.53. The molecule has 1 aromatic rings. The number of hydrogen-bond acceptors (Lipinski definition) is 2. The zero-order valence-corrected chi connectivity index (χ0v) is 12.0. The summed E-state index contributed by atoms with van der Waals surface area (Å²) in [5.74, 6) is 0.451. The normalized spacial score (nSPS) is 42.0. The van der Waals surface area contributed by atoms with E-state index in [4.69, 9.17) is 4.74 Å². The molecule has 0 radical (unpaired) electrons. The van der Waals surface area contributed by atoms with Crippen LogP contribution in [-0.4, -0.2) is 37.1 Å². The van der Waals surface area contributed by atoms with Crippen LogP contribution in [0.25, 0.3) is 0 Å². The monoisotopic (exact) mass is 279 g/mol. The summed E-state index contributed by atoms with van der Waals surface area (Å²) in [5.41, 5.74) is 1.72. The molecular weight excluding hydrogens is 262 g/mol. The number of rotatable bonds is 0. The van der Waals surface area contributed by atoms with Gasteiger partial charge in [-0.25, -0.2) is 0 Å². The number of carbonyl (C=O) groups is 1. The molecular formula is C18H17NO2. The van der Waals surface area contributed by atoms with Crippen molar-refractivity contribution in [1.82, 2.24) is 4.90 Å². The lowest BCUT2D eigenvalue weighted by atomic mass is 9.53. The zero-order valence-electron chi connectivity index (χ0n) is 12.0. The van der Waals surface area contributed by atoms with Gasteiger partial charge in [0, 0.05) is 13.0 Å². The smallest absolute Gasteiger partial charge is 0.236 e. The Labute approximate surface area is 123 Å². The van der Waals surface area contributed by atoms with Gasteiger partial charge in [0.05, 0.1) is 24.7 Å². The van der Waals surface area contributed by atoms with E-state index in [2.05, 4.69) is 48.6 Å². The molecule has 4 heterocycles. The summed E-state index contributed by atoms with van der Waals surface area (Å²) in [7, 11) is 1.93. The second kappa shape index (κ2) is 3.47. The first-order valence-electron chi connectivity index (χ1n) is 7.53. The molecule has 4 aliphatic heterocycles. The first kappa shape index (κ1) is 11.8. The molecule has 8 rings (SSSR count). The molecule has 7 aliphatic rings. The molecule has 2 spiro atoms. The average molecular weight is 279 g/mol. The first-order chi connectivity index (χ1) is 10.2. The summed E-state index contributed by atoms with van der Waals surface area (Å²) in [5, 5.41) is 0. The molecule has 0 N–H and O–H groups in total. The van der Waals surface area contributed by atoms with Gasteiger partial charge in [-0.05, 0) is 11.1 Å². The highest BCUT2D eigenvalue weighted by Crippen LogP contribution is 2.58. The van der Waals surface area contributed by atoms with Crippen molar-refractivity contribution in [1.29, 1.82) is 0 Å². The van der Waals surface area contributed by atoms with Crippen molar-refractivity contribution >= 4 is 5.91 Å². The molecule has 3 nitrogen and oxygen atoms in total. The van der Waals surface area contributed by atoms with Gasteiger partial charge in [0.15, 0.2) is 0 Å². The van der Waals surface area contributed by atoms with Crippen molar-refractivity contribution in [3.05, 3.63) is 59.7 Å². The first-order valence-corrected chi connectivity index (χ1v) is 7.53. The van der Waals surface area contributed by atoms with Gasteiger partial charge in [-0.1, -0.05) is 48.6 Å². The summed E-state index contributed by atoms with van der Waals surface area (Å²) < 4.78 is 5.87. The van der Waals surface area contributed by atoms with E-state index < -0.39 is 5.41 Å². The van der Waals surface area contributed by atoms with Crippen LogP contribution in [0.2, 0.25) is 0 Å². The van der Waals surface area contributed by atoms with Crippen molar-refractivity contribution < 1.29 is 9.53 Å². The summed E-state index contributed by atoms with van der Waals surface area (Å²) in [6.45, 7) is 1.06. The molecule has 0 unspecified atom stereocenters. The predicted molar refractivity (Wildman–Crippen MR) is 79.0 cm³/mol. The molecule has 4 bridgehead atoms. The quantitative estimate of drug-likeness (QED) is 0.680. The number of ether oxygens (including phenoxy) is 1. The zero-order chi connectivity index (χ0) is 14.2. The fourth-order valence-electron chi connectivity index (χ4n) is 4.82. The van der Waals surface area contributed by atoms with Gasteiger partial charge < -0.3 is 9.64 Å². The van der Waals surface area contributed by atoms with E-state index in [9.17, 15) is 4.79 Å². The maximum Gasteiger partial charge on any atom is 0.236 e. The van der Waals surface area contributed by atoms with Gasteiger partial charge in [-0.3, -0.25) is 4.79 Å². The Morgan fingerprint density at radius 3 is 2.81 bits per heavy atom. The van der Waals surface area contributed by atoms with E-state index in [-0.39, 0.29) is 23.3 Å². The Morgan fingerprint density at radius 2 is 1.90 bits per heavy atom. The number of benzene rings is 1. The van der Waals surface area contributed by atoms with Crippen LogP contribution in [0.4, 0.5) is 0 Å². The van der Waals surface area contributed by atoms with E-state index in [1.54, 1.807) is 0 Å². The van der Waals surface area contributed by atoms with Gasteiger partial charge in [0.2, 0.25) is 5.91 Å². The third kappa shape index (κ3) is 1.08. The molecule has 1 fully saturated rings. The minimum absolute atomic E-state index is 0.111. The number of nitrogens with zero attached hydrogens (tertiary/aromatic N) is 1. The van der Waals surface area contributed by atoms with Crippen LogP contribution >= 0.6 is 0 Å². The summed E-state index contributed by atoms with van der Waals surface area (Å²) >= 11 is 0. The van der Waals surface area contributed by atoms with E-state index in [0.29, 0.717) is 13.2 Å². The van der Waals surface area contributed by atoms with Gasteiger partial charge in [0.25, 0.3) is 0 Å². The van der Waals surface area contributed by atoms with Crippen LogP contribution in [0.1, 0.15) is 17.0 Å². The highest BCUT2D eigenvalue weighted by Gasteiger charge is 2.64. The highest BCUT2D eigenvalue weighted by molar-refractivity contribution is 5.91. The van der Waals surface area contributed by atoms with Crippen molar-refractivity contribution in [2.24, 2.45) is 5.41 Å². The lowest BCUT2D eigenvalue weighted by Crippen LogP contribution is -2.61. The van der Waals surface area contributed by atoms with Gasteiger partial charge in [-0.2, -0.15) is 0 Å². The summed E-state index contributed by atoms with van der Waals surface area (Å²) in [6.07, 6.45) is 8.91. The molecule has 21 heavy (non-hydrogen) atoms. The molecule has 1 saturated heterocycles. The third-order valence-corrected chi connectivity index (χ3v) is 5.94. The Morgan fingerprint density at radius 1 is 1.14 bits per heavy atom. The minimum Gasteiger partial charge on any atom is -0.379 e. The highest BCUT2D eigenvalue weighted by atomic mass is 16.5. The molecule has 0 saturated carbocycles. The number of likely N-dealkylation sites (N-methyl/N-ethyl adjacent to an activating group) is 1. The van der Waals surface area contributed by atoms with Crippen LogP contribution in [-0.2, 0) is 14.9 Å². The third-order valence-electron chi connectivity index (χ3n) is 5.94. The largest absolute Gasteiger partial charge is 0.379 e. The van der Waals surface area contributed by atoms with Crippen LogP contribution in [0.15, 0.2) is 48.6 Å². The van der Waals surface area contributed by atoms with Crippen LogP contribution < -0.4 is 0 Å². The van der Waals surface area contributed by atoms with E-state index in [0.717, 1.165) is 0 Å². The predicted octanol–water partition coefficient (Wildman–Crippen LogP) is 2.00. The van der Waals surface area contributed by atoms with E-state index in [1.165, 1.54) is 11.1 Å². The number of carbonyl (C=O) groups excluding carboxylic acids is 1. The van der Waals surface area contributed by atoms with E-state index in [1.807, 2.05) is 11.9 Å². The van der Waals surface area contributed by atoms with Crippen molar-refractivity contribution in [2.45, 2.75) is 17.4 Å². The summed E-state index contributed by atoms with van der Waals surface area (Å²) in [4.78, 5) is 15.0. The molecule has 0 aromatic heterocycles. The topological polar surface area (TPSA) is 29.5 Å². The molecule has 1 aromatic carbocycles. The molecule has 106 valence electrons. The molecule has 3 heteroatoms. The maximum atomic E-state index is 13.1. The van der Waals surface area contributed by atoms with Crippen molar-refractivity contribution in [3.8, 4) is 0 Å². The standard InChI is InChI=1S/C18H17NO2/c1-19-15-7-9-18(16(19)20)11-21-10-17(18)8-6-13(15)12-4-2-3-5-14(12)17/h2-9,13,15H,10-11H2,1H3/t13-,15+,17-,18-/m1/s1. The van der Waals surface area contributed by atoms with Crippen LogP contribution in [0.5, 0.6) is 0 Å². The number of hydrogen-bond donors (Lipinski definition) is 0.